The van der Waals surface area contributed by atoms with E-state index in [2.05, 4.69) is 25.6 Å². The van der Waals surface area contributed by atoms with Gasteiger partial charge in [0.05, 0.1) is 16.6 Å². The van der Waals surface area contributed by atoms with Gasteiger partial charge in [-0.1, -0.05) is 11.6 Å². The lowest BCUT2D eigenvalue weighted by Gasteiger charge is -2.40. The maximum absolute atomic E-state index is 12.7. The third-order valence-electron chi connectivity index (χ3n) is 4.94. The van der Waals surface area contributed by atoms with Crippen molar-refractivity contribution in [1.82, 2.24) is 20.3 Å². The minimum absolute atomic E-state index is 0.0204. The zero-order chi connectivity index (χ0) is 22.3. The van der Waals surface area contributed by atoms with E-state index in [0.717, 1.165) is 25.1 Å². The van der Waals surface area contributed by atoms with Crippen LogP contribution in [0, 0.1) is 12.8 Å². The molecule has 0 bridgehead atoms. The quantitative estimate of drug-likeness (QED) is 0.720. The van der Waals surface area contributed by atoms with Crippen LogP contribution in [0.3, 0.4) is 0 Å². The molecule has 1 saturated heterocycles. The molecule has 0 spiro atoms. The van der Waals surface area contributed by atoms with Crippen molar-refractivity contribution in [3.63, 3.8) is 0 Å². The molecular formula is C19H18ClF3N6O2. The van der Waals surface area contributed by atoms with Crippen molar-refractivity contribution in [3.8, 4) is 0 Å². The van der Waals surface area contributed by atoms with E-state index in [1.807, 2.05) is 0 Å². The predicted octanol–water partition coefficient (Wildman–Crippen LogP) is 2.82. The van der Waals surface area contributed by atoms with Crippen LogP contribution in [0.5, 0.6) is 0 Å². The lowest BCUT2D eigenvalue weighted by Crippen LogP contribution is -2.59. The Bertz CT molecular complexity index is 1040. The fourth-order valence-electron chi connectivity index (χ4n) is 3.12. The van der Waals surface area contributed by atoms with Crippen LogP contribution in [0.25, 0.3) is 0 Å². The molecular weight excluding hydrogens is 437 g/mol. The monoisotopic (exact) mass is 454 g/mol. The molecule has 3 heterocycles. The Morgan fingerprint density at radius 2 is 1.90 bits per heavy atom. The molecule has 1 saturated carbocycles. The molecule has 0 aromatic carbocycles. The summed E-state index contributed by atoms with van der Waals surface area (Å²) in [5.74, 6) is -0.315. The van der Waals surface area contributed by atoms with E-state index in [9.17, 15) is 22.8 Å². The number of carbonyl (C=O) groups excluding carboxylic acids is 2. The Balaban J connectivity index is 1.36. The number of hydrogen-bond donors (Lipinski definition) is 2. The molecule has 2 fully saturated rings. The van der Waals surface area contributed by atoms with Crippen molar-refractivity contribution in [2.24, 2.45) is 5.92 Å². The first-order chi connectivity index (χ1) is 14.6. The molecule has 2 aliphatic rings. The molecule has 1 aliphatic heterocycles. The van der Waals surface area contributed by atoms with Gasteiger partial charge < -0.3 is 10.2 Å². The van der Waals surface area contributed by atoms with E-state index in [0.29, 0.717) is 18.8 Å². The van der Waals surface area contributed by atoms with E-state index in [4.69, 9.17) is 11.6 Å². The number of carbonyl (C=O) groups is 2. The van der Waals surface area contributed by atoms with E-state index in [1.54, 1.807) is 11.8 Å². The minimum Gasteiger partial charge on any atom is -0.351 e. The van der Waals surface area contributed by atoms with Crippen LogP contribution in [0.1, 0.15) is 34.6 Å². The Morgan fingerprint density at radius 1 is 1.19 bits per heavy atom. The normalized spacial score (nSPS) is 16.6. The van der Waals surface area contributed by atoms with Crippen LogP contribution in [0.15, 0.2) is 18.3 Å². The first-order valence-corrected chi connectivity index (χ1v) is 9.93. The highest BCUT2D eigenvalue weighted by Crippen LogP contribution is 2.34. The van der Waals surface area contributed by atoms with Gasteiger partial charge in [-0.3, -0.25) is 14.9 Å². The van der Waals surface area contributed by atoms with Gasteiger partial charge in [0, 0.05) is 30.9 Å². The average molecular weight is 455 g/mol. The second-order valence-corrected chi connectivity index (χ2v) is 7.99. The molecule has 0 atom stereocenters. The summed E-state index contributed by atoms with van der Waals surface area (Å²) in [6, 6.07) is 2.08. The number of alkyl halides is 3. The lowest BCUT2D eigenvalue weighted by atomic mass is 10.1. The minimum atomic E-state index is -4.52. The second kappa shape index (κ2) is 7.95. The lowest BCUT2D eigenvalue weighted by molar-refractivity contribution is -0.137. The largest absolute Gasteiger partial charge is 0.417 e. The molecule has 31 heavy (non-hydrogen) atoms. The predicted molar refractivity (Wildman–Crippen MR) is 106 cm³/mol. The van der Waals surface area contributed by atoms with Crippen LogP contribution < -0.4 is 15.5 Å². The van der Waals surface area contributed by atoms with Crippen LogP contribution >= 0.6 is 11.6 Å². The highest BCUT2D eigenvalue weighted by atomic mass is 35.5. The number of aryl methyl sites for hydroxylation is 1. The van der Waals surface area contributed by atoms with Crippen LogP contribution in [-0.2, 0) is 11.0 Å². The number of rotatable bonds is 5. The second-order valence-electron chi connectivity index (χ2n) is 7.58. The number of nitrogens with one attached hydrogen (secondary N) is 2. The third-order valence-corrected chi connectivity index (χ3v) is 5.21. The standard InChI is InChI=1S/C19H18ClF3N6O2/c1-9-4-14(27-18(25-9)28-16(30)10-2-3-10)17(31)26-12-7-29(8-12)15-13(20)5-11(6-24-15)19(21,22)23/h4-6,10,12H,2-3,7-8H2,1H3,(H,26,31)(H,25,27,28,30). The van der Waals surface area contributed by atoms with Crippen molar-refractivity contribution in [2.75, 3.05) is 23.3 Å². The van der Waals surface area contributed by atoms with Crippen molar-refractivity contribution in [2.45, 2.75) is 32.0 Å². The first-order valence-electron chi connectivity index (χ1n) is 9.55. The van der Waals surface area contributed by atoms with Crippen LogP contribution in [-0.4, -0.2) is 45.9 Å². The molecule has 12 heteroatoms. The molecule has 0 radical (unpaired) electrons. The highest BCUT2D eigenvalue weighted by Gasteiger charge is 2.35. The summed E-state index contributed by atoms with van der Waals surface area (Å²) in [7, 11) is 0. The summed E-state index contributed by atoms with van der Waals surface area (Å²) in [5.41, 5.74) is -0.278. The zero-order valence-corrected chi connectivity index (χ0v) is 17.1. The zero-order valence-electron chi connectivity index (χ0n) is 16.3. The van der Waals surface area contributed by atoms with Gasteiger partial charge in [-0.05, 0) is 31.9 Å². The molecule has 2 N–H and O–H groups in total. The summed E-state index contributed by atoms with van der Waals surface area (Å²) in [6.45, 7) is 2.35. The topological polar surface area (TPSA) is 100 Å². The SMILES string of the molecule is Cc1cc(C(=O)NC2CN(c3ncc(C(F)(F)F)cc3Cl)C2)nc(NC(=O)C2CC2)n1. The Morgan fingerprint density at radius 3 is 2.52 bits per heavy atom. The summed E-state index contributed by atoms with van der Waals surface area (Å²) < 4.78 is 38.2. The number of anilines is 2. The molecule has 2 aromatic heterocycles. The highest BCUT2D eigenvalue weighted by molar-refractivity contribution is 6.33. The molecule has 2 aromatic rings. The van der Waals surface area contributed by atoms with E-state index >= 15 is 0 Å². The van der Waals surface area contributed by atoms with Crippen LogP contribution in [0.4, 0.5) is 24.9 Å². The number of nitrogens with zero attached hydrogens (tertiary/aromatic N) is 4. The van der Waals surface area contributed by atoms with Crippen molar-refractivity contribution in [3.05, 3.63) is 40.3 Å². The fraction of sp³-hybridized carbons (Fsp3) is 0.421. The number of halogens is 4. The van der Waals surface area contributed by atoms with Crippen molar-refractivity contribution >= 4 is 35.2 Å². The number of aromatic nitrogens is 3. The number of pyridine rings is 1. The van der Waals surface area contributed by atoms with E-state index in [1.165, 1.54) is 6.07 Å². The molecule has 0 unspecified atom stereocenters. The average Bonchev–Trinajstić information content (AvgIpc) is 3.48. The van der Waals surface area contributed by atoms with Gasteiger partial charge in [-0.2, -0.15) is 13.2 Å². The van der Waals surface area contributed by atoms with Gasteiger partial charge in [-0.15, -0.1) is 0 Å². The summed E-state index contributed by atoms with van der Waals surface area (Å²) in [4.78, 5) is 38.2. The molecule has 164 valence electrons. The fourth-order valence-corrected chi connectivity index (χ4v) is 3.40. The van der Waals surface area contributed by atoms with Gasteiger partial charge in [0.1, 0.15) is 11.5 Å². The van der Waals surface area contributed by atoms with Crippen molar-refractivity contribution in [1.29, 1.82) is 0 Å². The Hall–Kier alpha value is -2.95. The van der Waals surface area contributed by atoms with Gasteiger partial charge >= 0.3 is 6.18 Å². The van der Waals surface area contributed by atoms with Gasteiger partial charge in [0.15, 0.2) is 0 Å². The van der Waals surface area contributed by atoms with E-state index in [-0.39, 0.29) is 40.3 Å². The maximum Gasteiger partial charge on any atom is 0.417 e. The van der Waals surface area contributed by atoms with Gasteiger partial charge in [-0.25, -0.2) is 15.0 Å². The first kappa shape index (κ1) is 21.3. The Kier molecular flexibility index (Phi) is 5.46. The third kappa shape index (κ3) is 4.87. The smallest absolute Gasteiger partial charge is 0.351 e. The van der Waals surface area contributed by atoms with Gasteiger partial charge in [0.25, 0.3) is 5.91 Å². The molecule has 2 amide bonds. The molecule has 4 rings (SSSR count). The van der Waals surface area contributed by atoms with Gasteiger partial charge in [0.2, 0.25) is 11.9 Å². The summed E-state index contributed by atoms with van der Waals surface area (Å²) >= 11 is 5.95. The van der Waals surface area contributed by atoms with E-state index < -0.39 is 17.6 Å². The maximum atomic E-state index is 12.7. The Labute approximate surface area is 180 Å². The summed E-state index contributed by atoms with van der Waals surface area (Å²) in [5, 5.41) is 5.31. The van der Waals surface area contributed by atoms with Crippen molar-refractivity contribution < 1.29 is 22.8 Å². The number of hydrogen-bond acceptors (Lipinski definition) is 6. The molecule has 1 aliphatic carbocycles. The van der Waals surface area contributed by atoms with Crippen LogP contribution in [0.2, 0.25) is 5.02 Å². The summed E-state index contributed by atoms with van der Waals surface area (Å²) in [6.07, 6.45) is -2.12. The molecule has 8 nitrogen and oxygen atoms in total. The number of amides is 2.